The lowest BCUT2D eigenvalue weighted by Gasteiger charge is -2.16. The van der Waals surface area contributed by atoms with Crippen LogP contribution in [-0.2, 0) is 22.4 Å². The van der Waals surface area contributed by atoms with Crippen LogP contribution in [0.25, 0.3) is 0 Å². The highest BCUT2D eigenvalue weighted by molar-refractivity contribution is 7.89. The van der Waals surface area contributed by atoms with Gasteiger partial charge in [-0.15, -0.1) is 0 Å². The predicted octanol–water partition coefficient (Wildman–Crippen LogP) is 2.37. The molecule has 1 rings (SSSR count). The van der Waals surface area contributed by atoms with Crippen LogP contribution in [0.4, 0.5) is 26.3 Å². The summed E-state index contributed by atoms with van der Waals surface area (Å²) < 4.78 is 96.6. The molecule has 2 N–H and O–H groups in total. The first-order valence-electron chi connectivity index (χ1n) is 4.15. The molecule has 0 aliphatic carbocycles. The summed E-state index contributed by atoms with van der Waals surface area (Å²) >= 11 is 0. The third-order valence-corrected chi connectivity index (χ3v) is 2.92. The Kier molecular flexibility index (Phi) is 3.38. The lowest BCUT2D eigenvalue weighted by atomic mass is 10.1. The molecule has 0 saturated carbocycles. The lowest BCUT2D eigenvalue weighted by molar-refractivity contribution is -0.147. The molecule has 0 fully saturated rings. The minimum absolute atomic E-state index is 0.217. The Morgan fingerprint density at radius 3 is 1.44 bits per heavy atom. The van der Waals surface area contributed by atoms with Crippen LogP contribution in [-0.4, -0.2) is 8.42 Å². The van der Waals surface area contributed by atoms with E-state index in [2.05, 4.69) is 5.14 Å². The van der Waals surface area contributed by atoms with Gasteiger partial charge in [0.15, 0.2) is 0 Å². The standard InChI is InChI=1S/C8H5F6NO2S/c9-7(10,11)4-2-1-3-5(8(12,13)14)6(4)18(15,16)17/h1-3H,(H2,15,16,17). The second-order valence-corrected chi connectivity index (χ2v) is 4.72. The Bertz CT molecular complexity index is 528. The van der Waals surface area contributed by atoms with Gasteiger partial charge in [-0.1, -0.05) is 6.07 Å². The van der Waals surface area contributed by atoms with Crippen LogP contribution < -0.4 is 5.14 Å². The maximum atomic E-state index is 12.5. The topological polar surface area (TPSA) is 60.2 Å². The van der Waals surface area contributed by atoms with Crippen LogP contribution in [0.15, 0.2) is 23.1 Å². The van der Waals surface area contributed by atoms with E-state index in [-0.39, 0.29) is 12.1 Å². The molecule has 1 aromatic carbocycles. The molecule has 18 heavy (non-hydrogen) atoms. The molecule has 10 heteroatoms. The van der Waals surface area contributed by atoms with Crippen LogP contribution in [0.3, 0.4) is 0 Å². The van der Waals surface area contributed by atoms with Gasteiger partial charge >= 0.3 is 12.4 Å². The molecule has 1 aromatic rings. The first-order chi connectivity index (χ1) is 7.85. The molecular weight excluding hydrogens is 288 g/mol. The van der Waals surface area contributed by atoms with E-state index in [0.29, 0.717) is 6.07 Å². The predicted molar refractivity (Wildman–Crippen MR) is 47.8 cm³/mol. The van der Waals surface area contributed by atoms with Crippen molar-refractivity contribution < 1.29 is 34.8 Å². The van der Waals surface area contributed by atoms with Crippen molar-refractivity contribution >= 4 is 10.0 Å². The van der Waals surface area contributed by atoms with E-state index in [1.807, 2.05) is 0 Å². The SMILES string of the molecule is NS(=O)(=O)c1c(C(F)(F)F)cccc1C(F)(F)F. The van der Waals surface area contributed by atoms with Crippen LogP contribution in [0.2, 0.25) is 0 Å². The van der Waals surface area contributed by atoms with Crippen LogP contribution in [0.1, 0.15) is 11.1 Å². The minimum atomic E-state index is -5.26. The Morgan fingerprint density at radius 2 is 1.22 bits per heavy atom. The van der Waals surface area contributed by atoms with E-state index >= 15 is 0 Å². The van der Waals surface area contributed by atoms with Crippen molar-refractivity contribution in [2.45, 2.75) is 17.2 Å². The van der Waals surface area contributed by atoms with Gasteiger partial charge in [0.05, 0.1) is 11.1 Å². The molecule has 0 radical (unpaired) electrons. The number of sulfonamides is 1. The zero-order valence-electron chi connectivity index (χ0n) is 8.30. The monoisotopic (exact) mass is 293 g/mol. The quantitative estimate of drug-likeness (QED) is 0.808. The fourth-order valence-electron chi connectivity index (χ4n) is 1.29. The average molecular weight is 293 g/mol. The summed E-state index contributed by atoms with van der Waals surface area (Å²) in [6.07, 6.45) is -10.5. The highest BCUT2D eigenvalue weighted by Crippen LogP contribution is 2.40. The third kappa shape index (κ3) is 2.93. The molecule has 0 spiro atoms. The highest BCUT2D eigenvalue weighted by atomic mass is 32.2. The minimum Gasteiger partial charge on any atom is -0.225 e. The first-order valence-corrected chi connectivity index (χ1v) is 5.70. The molecular formula is C8H5F6NO2S. The average Bonchev–Trinajstić information content (AvgIpc) is 2.12. The second kappa shape index (κ2) is 4.12. The van der Waals surface area contributed by atoms with Gasteiger partial charge in [-0.3, -0.25) is 0 Å². The van der Waals surface area contributed by atoms with E-state index in [1.165, 1.54) is 0 Å². The molecule has 0 aliphatic rings. The summed E-state index contributed by atoms with van der Waals surface area (Å²) in [5.74, 6) is 0. The number of rotatable bonds is 1. The highest BCUT2D eigenvalue weighted by Gasteiger charge is 2.43. The van der Waals surface area contributed by atoms with Crippen molar-refractivity contribution in [1.82, 2.24) is 0 Å². The second-order valence-electron chi connectivity index (χ2n) is 3.22. The molecule has 0 unspecified atom stereocenters. The first kappa shape index (κ1) is 14.8. The van der Waals surface area contributed by atoms with Crippen LogP contribution in [0.5, 0.6) is 0 Å². The normalized spacial score (nSPS) is 13.7. The summed E-state index contributed by atoms with van der Waals surface area (Å²) in [5, 5.41) is 4.42. The fourth-order valence-corrected chi connectivity index (χ4v) is 2.27. The number of nitrogens with two attached hydrogens (primary N) is 1. The molecule has 3 nitrogen and oxygen atoms in total. The van der Waals surface area contributed by atoms with E-state index in [0.717, 1.165) is 0 Å². The van der Waals surface area contributed by atoms with Gasteiger partial charge < -0.3 is 0 Å². The molecule has 0 aliphatic heterocycles. The van der Waals surface area contributed by atoms with E-state index in [9.17, 15) is 34.8 Å². The number of primary sulfonamides is 1. The smallest absolute Gasteiger partial charge is 0.225 e. The summed E-state index contributed by atoms with van der Waals surface area (Å²) in [4.78, 5) is -1.97. The largest absolute Gasteiger partial charge is 0.417 e. The Morgan fingerprint density at radius 1 is 0.889 bits per heavy atom. The molecule has 0 heterocycles. The maximum absolute atomic E-state index is 12.5. The molecule has 0 amide bonds. The zero-order chi connectivity index (χ0) is 14.4. The van der Waals surface area contributed by atoms with Gasteiger partial charge in [-0.05, 0) is 12.1 Å². The molecule has 0 bridgehead atoms. The molecule has 0 aromatic heterocycles. The zero-order valence-corrected chi connectivity index (χ0v) is 9.12. The number of halogens is 6. The number of hydrogen-bond acceptors (Lipinski definition) is 2. The van der Waals surface area contributed by atoms with Gasteiger partial charge in [0.1, 0.15) is 4.90 Å². The van der Waals surface area contributed by atoms with Gasteiger partial charge in [-0.25, -0.2) is 13.6 Å². The number of hydrogen-bond donors (Lipinski definition) is 1. The maximum Gasteiger partial charge on any atom is 0.417 e. The fraction of sp³-hybridized carbons (Fsp3) is 0.250. The van der Waals surface area contributed by atoms with E-state index < -0.39 is 38.4 Å². The lowest BCUT2D eigenvalue weighted by Crippen LogP contribution is -2.24. The Balaban J connectivity index is 3.79. The third-order valence-electron chi connectivity index (χ3n) is 1.91. The van der Waals surface area contributed by atoms with Gasteiger partial charge in [0, 0.05) is 0 Å². The van der Waals surface area contributed by atoms with Crippen molar-refractivity contribution in [3.8, 4) is 0 Å². The number of benzene rings is 1. The van der Waals surface area contributed by atoms with Crippen LogP contribution in [0, 0.1) is 0 Å². The number of alkyl halides is 6. The van der Waals surface area contributed by atoms with Crippen molar-refractivity contribution in [3.05, 3.63) is 29.3 Å². The summed E-state index contributed by atoms with van der Waals surface area (Å²) in [7, 11) is -5.17. The Labute approximate surface area is 97.3 Å². The van der Waals surface area contributed by atoms with E-state index in [1.54, 1.807) is 0 Å². The van der Waals surface area contributed by atoms with Crippen molar-refractivity contribution in [1.29, 1.82) is 0 Å². The summed E-state index contributed by atoms with van der Waals surface area (Å²) in [6.45, 7) is 0. The Hall–Kier alpha value is -1.29. The van der Waals surface area contributed by atoms with Crippen molar-refractivity contribution in [2.75, 3.05) is 0 Å². The van der Waals surface area contributed by atoms with Gasteiger partial charge in [-0.2, -0.15) is 26.3 Å². The molecule has 0 saturated heterocycles. The van der Waals surface area contributed by atoms with Gasteiger partial charge in [0.2, 0.25) is 10.0 Å². The van der Waals surface area contributed by atoms with Gasteiger partial charge in [0.25, 0.3) is 0 Å². The van der Waals surface area contributed by atoms with E-state index in [4.69, 9.17) is 0 Å². The summed E-state index contributed by atoms with van der Waals surface area (Å²) in [5.41, 5.74) is -3.89. The molecule has 102 valence electrons. The van der Waals surface area contributed by atoms with Crippen molar-refractivity contribution in [2.24, 2.45) is 5.14 Å². The summed E-state index contributed by atoms with van der Waals surface area (Å²) in [6, 6.07) is 0.893. The molecule has 0 atom stereocenters. The van der Waals surface area contributed by atoms with Crippen molar-refractivity contribution in [3.63, 3.8) is 0 Å². The van der Waals surface area contributed by atoms with Crippen LogP contribution >= 0.6 is 0 Å².